The summed E-state index contributed by atoms with van der Waals surface area (Å²) in [6.45, 7) is 1.16. The molecule has 0 fully saturated rings. The van der Waals surface area contributed by atoms with Gasteiger partial charge in [-0.1, -0.05) is 0 Å². The second kappa shape index (κ2) is 4.96. The number of ether oxygens (including phenoxy) is 2. The Morgan fingerprint density at radius 1 is 1.53 bits per heavy atom. The van der Waals surface area contributed by atoms with Crippen LogP contribution < -0.4 is 10.1 Å². The molecule has 2 heterocycles. The van der Waals surface area contributed by atoms with E-state index in [1.54, 1.807) is 0 Å². The number of nitrogens with zero attached hydrogens (tertiary/aromatic N) is 2. The maximum Gasteiger partial charge on any atom is 0.305 e. The highest BCUT2D eigenvalue weighted by molar-refractivity contribution is 5.67. The molecule has 0 saturated heterocycles. The zero-order chi connectivity index (χ0) is 12.3. The van der Waals surface area contributed by atoms with Crippen molar-refractivity contribution < 1.29 is 19.4 Å². The Bertz CT molecular complexity index is 436. The van der Waals surface area contributed by atoms with Gasteiger partial charge in [0, 0.05) is 6.54 Å². The average molecular weight is 239 g/mol. The van der Waals surface area contributed by atoms with Crippen LogP contribution in [0.1, 0.15) is 17.7 Å². The molecule has 1 aromatic heterocycles. The molecule has 7 heteroatoms. The van der Waals surface area contributed by atoms with Crippen molar-refractivity contribution in [3.63, 3.8) is 0 Å². The number of fused-ring (bicyclic) bond motifs is 1. The molecule has 0 atom stereocenters. The molecule has 7 nitrogen and oxygen atoms in total. The number of carboxylic acid groups (broad SMARTS) is 1. The highest BCUT2D eigenvalue weighted by Gasteiger charge is 2.20. The van der Waals surface area contributed by atoms with Crippen LogP contribution in [0.4, 0.5) is 5.95 Å². The second-order valence-electron chi connectivity index (χ2n) is 3.55. The van der Waals surface area contributed by atoms with Crippen LogP contribution >= 0.6 is 0 Å². The lowest BCUT2D eigenvalue weighted by Gasteiger charge is -2.08. The van der Waals surface area contributed by atoms with Crippen molar-refractivity contribution in [2.45, 2.75) is 19.6 Å². The summed E-state index contributed by atoms with van der Waals surface area (Å²) >= 11 is 0. The first-order valence-electron chi connectivity index (χ1n) is 5.18. The topological polar surface area (TPSA) is 93.6 Å². The molecular formula is C10H13N3O4. The molecule has 1 aliphatic rings. The minimum Gasteiger partial charge on any atom is -0.481 e. The Balaban J connectivity index is 2.10. The van der Waals surface area contributed by atoms with E-state index in [4.69, 9.17) is 14.6 Å². The van der Waals surface area contributed by atoms with E-state index in [9.17, 15) is 4.79 Å². The molecule has 1 aromatic rings. The van der Waals surface area contributed by atoms with Crippen molar-refractivity contribution in [2.75, 3.05) is 19.0 Å². The first kappa shape index (κ1) is 11.6. The Kier molecular flexibility index (Phi) is 3.38. The molecule has 2 N–H and O–H groups in total. The summed E-state index contributed by atoms with van der Waals surface area (Å²) in [4.78, 5) is 18.8. The number of carboxylic acids is 1. The van der Waals surface area contributed by atoms with E-state index < -0.39 is 5.97 Å². The zero-order valence-corrected chi connectivity index (χ0v) is 9.39. The molecule has 0 radical (unpaired) electrons. The number of aromatic nitrogens is 2. The molecule has 0 amide bonds. The van der Waals surface area contributed by atoms with Crippen molar-refractivity contribution >= 4 is 11.9 Å². The molecule has 0 spiro atoms. The van der Waals surface area contributed by atoms with Crippen LogP contribution in [-0.4, -0.2) is 34.7 Å². The molecule has 0 aliphatic carbocycles. The third-order valence-corrected chi connectivity index (χ3v) is 2.36. The third kappa shape index (κ3) is 2.62. The van der Waals surface area contributed by atoms with Gasteiger partial charge in [0.15, 0.2) is 0 Å². The minimum atomic E-state index is -0.867. The monoisotopic (exact) mass is 239 g/mol. The van der Waals surface area contributed by atoms with Gasteiger partial charge < -0.3 is 19.9 Å². The van der Waals surface area contributed by atoms with Gasteiger partial charge in [0.1, 0.15) is 0 Å². The summed E-state index contributed by atoms with van der Waals surface area (Å²) in [7, 11) is 1.53. The number of aliphatic carboxylic acids is 1. The quantitative estimate of drug-likeness (QED) is 0.768. The lowest BCUT2D eigenvalue weighted by molar-refractivity contribution is -0.136. The van der Waals surface area contributed by atoms with E-state index in [2.05, 4.69) is 15.3 Å². The molecular weight excluding hydrogens is 226 g/mol. The van der Waals surface area contributed by atoms with Crippen LogP contribution in [0.15, 0.2) is 0 Å². The van der Waals surface area contributed by atoms with Gasteiger partial charge in [0.2, 0.25) is 11.8 Å². The van der Waals surface area contributed by atoms with Crippen LogP contribution in [0.5, 0.6) is 5.88 Å². The van der Waals surface area contributed by atoms with Crippen molar-refractivity contribution in [3.8, 4) is 5.88 Å². The summed E-state index contributed by atoms with van der Waals surface area (Å²) in [5, 5.41) is 11.4. The fourth-order valence-electron chi connectivity index (χ4n) is 1.55. The number of anilines is 1. The standard InChI is InChI=1S/C10H13N3O4/c1-16-9-6-4-17-5-7(6)12-10(13-9)11-3-2-8(14)15/h2-5H2,1H3,(H,14,15)(H,11,12,13). The lowest BCUT2D eigenvalue weighted by atomic mass is 10.2. The summed E-state index contributed by atoms with van der Waals surface area (Å²) in [5.74, 6) is -0.0216. The summed E-state index contributed by atoms with van der Waals surface area (Å²) < 4.78 is 10.4. The van der Waals surface area contributed by atoms with Crippen LogP contribution in [0.25, 0.3) is 0 Å². The van der Waals surface area contributed by atoms with E-state index in [-0.39, 0.29) is 13.0 Å². The number of carbonyl (C=O) groups is 1. The molecule has 0 bridgehead atoms. The minimum absolute atomic E-state index is 0.0132. The second-order valence-corrected chi connectivity index (χ2v) is 3.55. The SMILES string of the molecule is COc1nc(NCCC(=O)O)nc2c1COC2. The van der Waals surface area contributed by atoms with Crippen LogP contribution in [0, 0.1) is 0 Å². The van der Waals surface area contributed by atoms with Gasteiger partial charge in [-0.05, 0) is 0 Å². The molecule has 2 rings (SSSR count). The third-order valence-electron chi connectivity index (χ3n) is 2.36. The predicted molar refractivity (Wildman–Crippen MR) is 57.8 cm³/mol. The van der Waals surface area contributed by atoms with Crippen molar-refractivity contribution in [3.05, 3.63) is 11.3 Å². The van der Waals surface area contributed by atoms with E-state index in [0.717, 1.165) is 11.3 Å². The van der Waals surface area contributed by atoms with Crippen molar-refractivity contribution in [1.29, 1.82) is 0 Å². The van der Waals surface area contributed by atoms with Gasteiger partial charge in [0.25, 0.3) is 0 Å². The highest BCUT2D eigenvalue weighted by atomic mass is 16.5. The largest absolute Gasteiger partial charge is 0.481 e. The Labute approximate surface area is 97.8 Å². The van der Waals surface area contributed by atoms with E-state index in [1.165, 1.54) is 7.11 Å². The molecule has 0 saturated carbocycles. The summed E-state index contributed by atoms with van der Waals surface area (Å²) in [6, 6.07) is 0. The lowest BCUT2D eigenvalue weighted by Crippen LogP contribution is -2.11. The maximum atomic E-state index is 10.4. The van der Waals surface area contributed by atoms with Gasteiger partial charge in [-0.25, -0.2) is 4.98 Å². The van der Waals surface area contributed by atoms with E-state index >= 15 is 0 Å². The van der Waals surface area contributed by atoms with Crippen molar-refractivity contribution in [2.24, 2.45) is 0 Å². The smallest absolute Gasteiger partial charge is 0.305 e. The fraction of sp³-hybridized carbons (Fsp3) is 0.500. The maximum absolute atomic E-state index is 10.4. The van der Waals surface area contributed by atoms with Gasteiger partial charge >= 0.3 is 5.97 Å². The Morgan fingerprint density at radius 2 is 2.35 bits per heavy atom. The highest BCUT2D eigenvalue weighted by Crippen LogP contribution is 2.27. The van der Waals surface area contributed by atoms with E-state index in [0.29, 0.717) is 25.0 Å². The number of rotatable bonds is 5. The molecule has 0 unspecified atom stereocenters. The fourth-order valence-corrected chi connectivity index (χ4v) is 1.55. The first-order chi connectivity index (χ1) is 8.20. The normalized spacial score (nSPS) is 13.2. The number of hydrogen-bond acceptors (Lipinski definition) is 6. The Hall–Kier alpha value is -1.89. The number of methoxy groups -OCH3 is 1. The van der Waals surface area contributed by atoms with Crippen LogP contribution in [-0.2, 0) is 22.7 Å². The first-order valence-corrected chi connectivity index (χ1v) is 5.18. The molecule has 0 aromatic carbocycles. The summed E-state index contributed by atoms with van der Waals surface area (Å²) in [5.41, 5.74) is 1.64. The molecule has 17 heavy (non-hydrogen) atoms. The van der Waals surface area contributed by atoms with Gasteiger partial charge in [-0.15, -0.1) is 0 Å². The van der Waals surface area contributed by atoms with Gasteiger partial charge in [-0.2, -0.15) is 4.98 Å². The average Bonchev–Trinajstić information content (AvgIpc) is 2.75. The van der Waals surface area contributed by atoms with Gasteiger partial charge in [0.05, 0.1) is 38.0 Å². The summed E-state index contributed by atoms with van der Waals surface area (Å²) in [6.07, 6.45) is 0.0132. The Morgan fingerprint density at radius 3 is 3.06 bits per heavy atom. The molecule has 1 aliphatic heterocycles. The molecule has 92 valence electrons. The zero-order valence-electron chi connectivity index (χ0n) is 9.39. The predicted octanol–water partition coefficient (Wildman–Crippen LogP) is 0.402. The van der Waals surface area contributed by atoms with Crippen molar-refractivity contribution in [1.82, 2.24) is 9.97 Å². The van der Waals surface area contributed by atoms with Crippen LogP contribution in [0.2, 0.25) is 0 Å². The number of hydrogen-bond donors (Lipinski definition) is 2. The number of nitrogens with one attached hydrogen (secondary N) is 1. The van der Waals surface area contributed by atoms with E-state index in [1.807, 2.05) is 0 Å². The van der Waals surface area contributed by atoms with Gasteiger partial charge in [-0.3, -0.25) is 4.79 Å². The van der Waals surface area contributed by atoms with Crippen LogP contribution in [0.3, 0.4) is 0 Å².